The van der Waals surface area contributed by atoms with Crippen molar-refractivity contribution in [2.75, 3.05) is 7.11 Å². The molecule has 0 saturated carbocycles. The molecule has 0 unspecified atom stereocenters. The van der Waals surface area contributed by atoms with Crippen LogP contribution in [-0.4, -0.2) is 18.0 Å². The Hall–Kier alpha value is -2.34. The van der Waals surface area contributed by atoms with E-state index in [0.29, 0.717) is 23.4 Å². The Morgan fingerprint density at radius 3 is 2.87 bits per heavy atom. The lowest BCUT2D eigenvalue weighted by Crippen LogP contribution is -2.23. The van der Waals surface area contributed by atoms with Crippen LogP contribution in [-0.2, 0) is 6.54 Å². The van der Waals surface area contributed by atoms with Crippen LogP contribution in [0.1, 0.15) is 16.1 Å². The van der Waals surface area contributed by atoms with Crippen LogP contribution < -0.4 is 10.1 Å². The Bertz CT molecular complexity index is 876. The third-order valence-electron chi connectivity index (χ3n) is 3.51. The summed E-state index contributed by atoms with van der Waals surface area (Å²) in [7, 11) is 1.58. The summed E-state index contributed by atoms with van der Waals surface area (Å²) in [6, 6.07) is 11.6. The molecule has 3 rings (SSSR count). The highest BCUT2D eigenvalue weighted by Crippen LogP contribution is 2.23. The number of carbonyl (C=O) groups is 1. The summed E-state index contributed by atoms with van der Waals surface area (Å²) in [4.78, 5) is 15.2. The van der Waals surface area contributed by atoms with Crippen molar-refractivity contribution in [2.45, 2.75) is 6.54 Å². The van der Waals surface area contributed by atoms with Gasteiger partial charge in [0.1, 0.15) is 17.3 Å². The van der Waals surface area contributed by atoms with Gasteiger partial charge in [0.2, 0.25) is 0 Å². The summed E-state index contributed by atoms with van der Waals surface area (Å²) in [5.74, 6) is 0.109. The number of aromatic amines is 1. The van der Waals surface area contributed by atoms with Gasteiger partial charge in [-0.15, -0.1) is 0 Å². The molecule has 0 bridgehead atoms. The number of benzene rings is 2. The van der Waals surface area contributed by atoms with Gasteiger partial charge < -0.3 is 15.0 Å². The number of H-pyrrole nitrogens is 1. The van der Waals surface area contributed by atoms with Crippen LogP contribution in [0.15, 0.2) is 46.9 Å². The van der Waals surface area contributed by atoms with Crippen molar-refractivity contribution in [3.63, 3.8) is 0 Å². The van der Waals surface area contributed by atoms with E-state index in [0.717, 1.165) is 15.6 Å². The molecule has 0 spiro atoms. The van der Waals surface area contributed by atoms with Crippen molar-refractivity contribution in [2.24, 2.45) is 0 Å². The number of hydrogen-bond donors (Lipinski definition) is 2. The molecule has 23 heavy (non-hydrogen) atoms. The van der Waals surface area contributed by atoms with Crippen molar-refractivity contribution in [1.82, 2.24) is 10.3 Å². The lowest BCUT2D eigenvalue weighted by Gasteiger charge is -2.09. The number of carbonyl (C=O) groups excluding carboxylic acids is 1. The standard InChI is InChI=1S/C17H14BrFN2O2/c1-23-16-5-2-12(18)6-11(16)9-20-17(22)15-8-10-7-13(19)3-4-14(10)21-15/h2-8,21H,9H2,1H3,(H,20,22). The first-order valence-corrected chi connectivity index (χ1v) is 7.75. The van der Waals surface area contributed by atoms with Gasteiger partial charge >= 0.3 is 0 Å². The number of halogens is 2. The summed E-state index contributed by atoms with van der Waals surface area (Å²) >= 11 is 3.40. The maximum atomic E-state index is 13.2. The van der Waals surface area contributed by atoms with Crippen molar-refractivity contribution in [3.05, 3.63) is 64.0 Å². The van der Waals surface area contributed by atoms with Crippen LogP contribution in [0.5, 0.6) is 5.75 Å². The molecule has 1 amide bonds. The third kappa shape index (κ3) is 3.37. The monoisotopic (exact) mass is 376 g/mol. The molecule has 1 heterocycles. The number of methoxy groups -OCH3 is 1. The van der Waals surface area contributed by atoms with Gasteiger partial charge in [-0.3, -0.25) is 4.79 Å². The molecule has 0 fully saturated rings. The van der Waals surface area contributed by atoms with Crippen molar-refractivity contribution in [1.29, 1.82) is 0 Å². The lowest BCUT2D eigenvalue weighted by atomic mass is 10.2. The van der Waals surface area contributed by atoms with Crippen LogP contribution >= 0.6 is 15.9 Å². The van der Waals surface area contributed by atoms with Gasteiger partial charge in [0.15, 0.2) is 0 Å². The zero-order chi connectivity index (χ0) is 16.4. The minimum absolute atomic E-state index is 0.261. The van der Waals surface area contributed by atoms with E-state index in [2.05, 4.69) is 26.2 Å². The predicted octanol–water partition coefficient (Wildman–Crippen LogP) is 4.01. The molecule has 1 aromatic heterocycles. The van der Waals surface area contributed by atoms with Gasteiger partial charge in [-0.2, -0.15) is 0 Å². The van der Waals surface area contributed by atoms with Crippen LogP contribution in [0.25, 0.3) is 10.9 Å². The van der Waals surface area contributed by atoms with Gasteiger partial charge in [0, 0.05) is 27.5 Å². The molecule has 0 radical (unpaired) electrons. The van der Waals surface area contributed by atoms with E-state index in [1.54, 1.807) is 19.2 Å². The highest BCUT2D eigenvalue weighted by Gasteiger charge is 2.11. The van der Waals surface area contributed by atoms with E-state index < -0.39 is 0 Å². The first-order valence-electron chi connectivity index (χ1n) is 6.95. The number of nitrogens with one attached hydrogen (secondary N) is 2. The van der Waals surface area contributed by atoms with Crippen LogP contribution in [0.3, 0.4) is 0 Å². The van der Waals surface area contributed by atoms with E-state index in [4.69, 9.17) is 4.74 Å². The fraction of sp³-hybridized carbons (Fsp3) is 0.118. The molecule has 3 aromatic rings. The molecule has 0 aliphatic rings. The highest BCUT2D eigenvalue weighted by atomic mass is 79.9. The summed E-state index contributed by atoms with van der Waals surface area (Å²) in [6.45, 7) is 0.325. The second-order valence-corrected chi connectivity index (χ2v) is 5.97. The Morgan fingerprint density at radius 2 is 2.09 bits per heavy atom. The van der Waals surface area contributed by atoms with E-state index in [-0.39, 0.29) is 11.7 Å². The molecule has 0 saturated heterocycles. The number of aromatic nitrogens is 1. The van der Waals surface area contributed by atoms with Crippen molar-refractivity contribution < 1.29 is 13.9 Å². The molecule has 118 valence electrons. The summed E-state index contributed by atoms with van der Waals surface area (Å²) in [5.41, 5.74) is 1.97. The molecular weight excluding hydrogens is 363 g/mol. The largest absolute Gasteiger partial charge is 0.496 e. The second kappa shape index (κ2) is 6.42. The summed E-state index contributed by atoms with van der Waals surface area (Å²) in [6.07, 6.45) is 0. The molecule has 4 nitrogen and oxygen atoms in total. The quantitative estimate of drug-likeness (QED) is 0.722. The SMILES string of the molecule is COc1ccc(Br)cc1CNC(=O)c1cc2cc(F)ccc2[nH]1. The number of ether oxygens (including phenoxy) is 1. The first kappa shape index (κ1) is 15.6. The maximum absolute atomic E-state index is 13.2. The van der Waals surface area contributed by atoms with E-state index in [1.165, 1.54) is 12.1 Å². The topological polar surface area (TPSA) is 54.1 Å². The summed E-state index contributed by atoms with van der Waals surface area (Å²) in [5, 5.41) is 3.49. The van der Waals surface area contributed by atoms with Gasteiger partial charge in [-0.25, -0.2) is 4.39 Å². The number of amides is 1. The molecule has 0 atom stereocenters. The predicted molar refractivity (Wildman–Crippen MR) is 90.1 cm³/mol. The van der Waals surface area contributed by atoms with Crippen LogP contribution in [0, 0.1) is 5.82 Å². The molecule has 0 aliphatic carbocycles. The second-order valence-electron chi connectivity index (χ2n) is 5.05. The average Bonchev–Trinajstić information content (AvgIpc) is 2.95. The molecule has 2 aromatic carbocycles. The minimum Gasteiger partial charge on any atom is -0.496 e. The molecule has 6 heteroatoms. The van der Waals surface area contributed by atoms with Crippen molar-refractivity contribution >= 4 is 32.7 Å². The minimum atomic E-state index is -0.331. The number of fused-ring (bicyclic) bond motifs is 1. The van der Waals surface area contributed by atoms with Crippen molar-refractivity contribution in [3.8, 4) is 5.75 Å². The normalized spacial score (nSPS) is 10.7. The van der Waals surface area contributed by atoms with Crippen LogP contribution in [0.4, 0.5) is 4.39 Å². The summed E-state index contributed by atoms with van der Waals surface area (Å²) < 4.78 is 19.4. The molecule has 2 N–H and O–H groups in total. The van der Waals surface area contributed by atoms with Gasteiger partial charge in [0.25, 0.3) is 5.91 Å². The van der Waals surface area contributed by atoms with E-state index >= 15 is 0 Å². The van der Waals surface area contributed by atoms with Gasteiger partial charge in [-0.05, 0) is 42.5 Å². The third-order valence-corrected chi connectivity index (χ3v) is 4.00. The van der Waals surface area contributed by atoms with E-state index in [9.17, 15) is 9.18 Å². The zero-order valence-corrected chi connectivity index (χ0v) is 13.9. The van der Waals surface area contributed by atoms with E-state index in [1.807, 2.05) is 18.2 Å². The number of rotatable bonds is 4. The lowest BCUT2D eigenvalue weighted by molar-refractivity contribution is 0.0946. The first-order chi connectivity index (χ1) is 11.1. The Morgan fingerprint density at radius 1 is 1.26 bits per heavy atom. The maximum Gasteiger partial charge on any atom is 0.267 e. The Balaban J connectivity index is 1.77. The zero-order valence-electron chi connectivity index (χ0n) is 12.3. The average molecular weight is 377 g/mol. The fourth-order valence-electron chi connectivity index (χ4n) is 2.38. The Labute approximate surface area is 140 Å². The molecular formula is C17H14BrFN2O2. The Kier molecular flexibility index (Phi) is 4.34. The van der Waals surface area contributed by atoms with Gasteiger partial charge in [0.05, 0.1) is 7.11 Å². The highest BCUT2D eigenvalue weighted by molar-refractivity contribution is 9.10. The molecule has 0 aliphatic heterocycles. The fourth-order valence-corrected chi connectivity index (χ4v) is 2.79. The number of hydrogen-bond acceptors (Lipinski definition) is 2. The van der Waals surface area contributed by atoms with Gasteiger partial charge in [-0.1, -0.05) is 15.9 Å². The van der Waals surface area contributed by atoms with Crippen LogP contribution in [0.2, 0.25) is 0 Å². The smallest absolute Gasteiger partial charge is 0.267 e.